The van der Waals surface area contributed by atoms with E-state index in [0.717, 1.165) is 0 Å². The van der Waals surface area contributed by atoms with E-state index in [1.54, 1.807) is 30.3 Å². The van der Waals surface area contributed by atoms with Crippen LogP contribution >= 0.6 is 45.8 Å². The largest absolute Gasteiger partial charge is 0.493 e. The van der Waals surface area contributed by atoms with Crippen LogP contribution in [0.3, 0.4) is 0 Å². The van der Waals surface area contributed by atoms with Crippen LogP contribution in [0.25, 0.3) is 0 Å². The van der Waals surface area contributed by atoms with Gasteiger partial charge in [-0.05, 0) is 77.4 Å². The van der Waals surface area contributed by atoms with Crippen LogP contribution in [0, 0.1) is 3.57 Å². The van der Waals surface area contributed by atoms with Gasteiger partial charge in [-0.15, -0.1) is 0 Å². The molecule has 3 unspecified atom stereocenters. The normalized spacial score (nSPS) is 18.0. The third kappa shape index (κ3) is 9.53. The first-order chi connectivity index (χ1) is 20.5. The van der Waals surface area contributed by atoms with Crippen molar-refractivity contribution in [2.24, 2.45) is 0 Å². The Morgan fingerprint density at radius 3 is 2.47 bits per heavy atom. The van der Waals surface area contributed by atoms with E-state index in [0.29, 0.717) is 42.7 Å². The molecule has 1 aliphatic rings. The number of methoxy groups -OCH3 is 1. The summed E-state index contributed by atoms with van der Waals surface area (Å²) in [5.41, 5.74) is 1.50. The van der Waals surface area contributed by atoms with Crippen molar-refractivity contribution in [2.75, 3.05) is 20.3 Å². The van der Waals surface area contributed by atoms with Crippen molar-refractivity contribution in [3.05, 3.63) is 66.7 Å². The number of amides is 2. The van der Waals surface area contributed by atoms with Crippen LogP contribution in [0.4, 0.5) is 0 Å². The molecular weight excluding hydrogens is 714 g/mol. The Bertz CT molecular complexity index is 1360. The number of hydrogen-bond acceptors (Lipinski definition) is 8. The monoisotopic (exact) mass is 748 g/mol. The van der Waals surface area contributed by atoms with E-state index in [1.165, 1.54) is 25.0 Å². The fraction of sp³-hybridized carbons (Fsp3) is 0.433. The Morgan fingerprint density at radius 2 is 1.84 bits per heavy atom. The molecule has 234 valence electrons. The quantitative estimate of drug-likeness (QED) is 0.214. The minimum Gasteiger partial charge on any atom is -0.493 e. The van der Waals surface area contributed by atoms with Gasteiger partial charge >= 0.3 is 0 Å². The van der Waals surface area contributed by atoms with Crippen LogP contribution < -0.4 is 14.8 Å². The maximum atomic E-state index is 13.7. The van der Waals surface area contributed by atoms with Crippen molar-refractivity contribution < 1.29 is 39.2 Å². The van der Waals surface area contributed by atoms with E-state index < -0.39 is 24.2 Å². The number of ether oxygens (including phenoxy) is 2. The molecule has 2 aromatic rings. The standard InChI is InChI=1S/C30H35Cl2IN2O8/c1-17(38)4-3-5-27(39)35(15-18-6-7-21(31)22(32)10-18)24-13-20(30(41)34-8-9-36)14-25(28(24)40)43-29-23(33)11-19(16-37)12-26(29)42-2/h6-7,10-12,14,24-25,28,36-37,40H,3-5,8-9,13,15-16H2,1-2H3,(H,34,41). The summed E-state index contributed by atoms with van der Waals surface area (Å²) in [7, 11) is 1.45. The highest BCUT2D eigenvalue weighted by Crippen LogP contribution is 2.37. The predicted octanol–water partition coefficient (Wildman–Crippen LogP) is 3.80. The van der Waals surface area contributed by atoms with Gasteiger partial charge in [0, 0.05) is 37.9 Å². The third-order valence-corrected chi connectivity index (χ3v) is 8.46. The first-order valence-corrected chi connectivity index (χ1v) is 15.5. The van der Waals surface area contributed by atoms with Gasteiger partial charge in [-0.2, -0.15) is 0 Å². The van der Waals surface area contributed by atoms with E-state index in [-0.39, 0.29) is 62.8 Å². The number of aliphatic hydroxyl groups is 3. The summed E-state index contributed by atoms with van der Waals surface area (Å²) in [6.45, 7) is 1.03. The van der Waals surface area contributed by atoms with Crippen LogP contribution in [0.2, 0.25) is 10.0 Å². The van der Waals surface area contributed by atoms with Crippen molar-refractivity contribution in [2.45, 2.75) is 64.0 Å². The van der Waals surface area contributed by atoms with Gasteiger partial charge in [-0.25, -0.2) is 0 Å². The molecule has 4 N–H and O–H groups in total. The third-order valence-electron chi connectivity index (χ3n) is 6.92. The fourth-order valence-corrected chi connectivity index (χ4v) is 5.87. The molecule has 0 bridgehead atoms. The first kappa shape index (κ1) is 35.1. The van der Waals surface area contributed by atoms with E-state index in [9.17, 15) is 29.7 Å². The smallest absolute Gasteiger partial charge is 0.247 e. The number of carbonyl (C=O) groups is 3. The molecule has 3 rings (SSSR count). The zero-order valence-corrected chi connectivity index (χ0v) is 27.5. The first-order valence-electron chi connectivity index (χ1n) is 13.6. The average Bonchev–Trinajstić information content (AvgIpc) is 2.97. The van der Waals surface area contributed by atoms with Crippen molar-refractivity contribution in [1.29, 1.82) is 0 Å². The summed E-state index contributed by atoms with van der Waals surface area (Å²) in [5, 5.41) is 33.8. The molecule has 43 heavy (non-hydrogen) atoms. The Hall–Kier alpha value is -2.42. The van der Waals surface area contributed by atoms with Gasteiger partial charge in [0.15, 0.2) is 11.5 Å². The van der Waals surface area contributed by atoms with Crippen molar-refractivity contribution in [1.82, 2.24) is 10.2 Å². The molecule has 2 aromatic carbocycles. The molecule has 0 fully saturated rings. The van der Waals surface area contributed by atoms with Crippen LogP contribution in [-0.4, -0.2) is 76.3 Å². The number of ketones is 1. The topological polar surface area (TPSA) is 146 Å². The van der Waals surface area contributed by atoms with E-state index in [1.807, 2.05) is 22.6 Å². The summed E-state index contributed by atoms with van der Waals surface area (Å²) in [6.07, 6.45) is -0.288. The Kier molecular flexibility index (Phi) is 13.5. The minimum atomic E-state index is -1.29. The molecule has 0 heterocycles. The molecule has 0 aliphatic heterocycles. The van der Waals surface area contributed by atoms with Gasteiger partial charge < -0.3 is 39.8 Å². The number of hydrogen-bond donors (Lipinski definition) is 4. The van der Waals surface area contributed by atoms with Crippen molar-refractivity contribution >= 4 is 63.4 Å². The molecule has 0 saturated carbocycles. The maximum Gasteiger partial charge on any atom is 0.247 e. The van der Waals surface area contributed by atoms with E-state index in [2.05, 4.69) is 5.32 Å². The van der Waals surface area contributed by atoms with Gasteiger partial charge in [-0.3, -0.25) is 9.59 Å². The molecular formula is C30H35Cl2IN2O8. The van der Waals surface area contributed by atoms with Gasteiger partial charge in [0.05, 0.1) is 40.0 Å². The zero-order valence-electron chi connectivity index (χ0n) is 23.8. The maximum absolute atomic E-state index is 13.7. The minimum absolute atomic E-state index is 0.00423. The Morgan fingerprint density at radius 1 is 1.09 bits per heavy atom. The summed E-state index contributed by atoms with van der Waals surface area (Å²) < 4.78 is 12.4. The number of rotatable bonds is 14. The van der Waals surface area contributed by atoms with E-state index in [4.69, 9.17) is 32.7 Å². The molecule has 13 heteroatoms. The molecule has 0 saturated heterocycles. The lowest BCUT2D eigenvalue weighted by Gasteiger charge is -2.41. The second-order valence-corrected chi connectivity index (χ2v) is 12.1. The Labute approximate surface area is 274 Å². The lowest BCUT2D eigenvalue weighted by atomic mass is 9.87. The number of benzene rings is 2. The van der Waals surface area contributed by atoms with Gasteiger partial charge in [-0.1, -0.05) is 29.3 Å². The molecule has 3 atom stereocenters. The molecule has 0 aromatic heterocycles. The van der Waals surface area contributed by atoms with Crippen molar-refractivity contribution in [3.63, 3.8) is 0 Å². The summed E-state index contributed by atoms with van der Waals surface area (Å²) in [5.74, 6) is -0.239. The number of nitrogens with one attached hydrogen (secondary N) is 1. The molecule has 10 nitrogen and oxygen atoms in total. The van der Waals surface area contributed by atoms with Crippen LogP contribution in [0.5, 0.6) is 11.5 Å². The number of aliphatic hydroxyl groups excluding tert-OH is 3. The van der Waals surface area contributed by atoms with Crippen molar-refractivity contribution in [3.8, 4) is 11.5 Å². The molecule has 0 radical (unpaired) electrons. The van der Waals surface area contributed by atoms with Gasteiger partial charge in [0.2, 0.25) is 11.8 Å². The lowest BCUT2D eigenvalue weighted by Crippen LogP contribution is -2.54. The van der Waals surface area contributed by atoms with Crippen LogP contribution in [0.1, 0.15) is 43.7 Å². The number of nitrogens with zero attached hydrogens (tertiary/aromatic N) is 1. The summed E-state index contributed by atoms with van der Waals surface area (Å²) in [6, 6.07) is 7.36. The highest BCUT2D eigenvalue weighted by Gasteiger charge is 2.41. The number of halogens is 3. The highest BCUT2D eigenvalue weighted by molar-refractivity contribution is 14.1. The SMILES string of the molecule is COc1cc(CO)cc(I)c1OC1C=C(C(=O)NCCO)CC(N(Cc2ccc(Cl)c(Cl)c2)C(=O)CCCC(C)=O)C1O. The van der Waals surface area contributed by atoms with Crippen LogP contribution in [0.15, 0.2) is 42.0 Å². The van der Waals surface area contributed by atoms with Gasteiger partial charge in [0.25, 0.3) is 0 Å². The van der Waals surface area contributed by atoms with E-state index >= 15 is 0 Å². The lowest BCUT2D eigenvalue weighted by molar-refractivity contribution is -0.139. The molecule has 1 aliphatic carbocycles. The number of Topliss-reactive ketones (excluding diaryl/α,β-unsaturated/α-hetero) is 1. The average molecular weight is 749 g/mol. The van der Waals surface area contributed by atoms with Crippen LogP contribution in [-0.2, 0) is 27.5 Å². The van der Waals surface area contributed by atoms with Gasteiger partial charge in [0.1, 0.15) is 18.0 Å². The predicted molar refractivity (Wildman–Crippen MR) is 170 cm³/mol. The number of carbonyl (C=O) groups excluding carboxylic acids is 3. The fourth-order valence-electron chi connectivity index (χ4n) is 4.75. The zero-order chi connectivity index (χ0) is 31.7. The Balaban J connectivity index is 2.04. The summed E-state index contributed by atoms with van der Waals surface area (Å²) >= 11 is 14.4. The molecule has 0 spiro atoms. The summed E-state index contributed by atoms with van der Waals surface area (Å²) in [4.78, 5) is 39.8. The molecule has 2 amide bonds. The highest BCUT2D eigenvalue weighted by atomic mass is 127. The second-order valence-electron chi connectivity index (χ2n) is 10.1. The second kappa shape index (κ2) is 16.6.